The molecule has 6 heteroatoms. The van der Waals surface area contributed by atoms with E-state index in [0.717, 1.165) is 56.5 Å². The van der Waals surface area contributed by atoms with Gasteiger partial charge in [0.25, 0.3) is 0 Å². The number of hydrogen-bond donors (Lipinski definition) is 0. The average molecular weight is 708 g/mol. The van der Waals surface area contributed by atoms with Gasteiger partial charge in [0.1, 0.15) is 17.3 Å². The number of benzene rings is 5. The second kappa shape index (κ2) is 12.8. The molecule has 268 valence electrons. The molecule has 0 amide bonds. The molecule has 9 aromatic rings. The smallest absolute Gasteiger partial charge is 0.139 e. The Morgan fingerprint density at radius 3 is 1.87 bits per heavy atom. The fourth-order valence-electron chi connectivity index (χ4n) is 8.29. The number of pyridine rings is 1. The van der Waals surface area contributed by atoms with E-state index in [1.54, 1.807) is 0 Å². The zero-order valence-electron chi connectivity index (χ0n) is 32.3. The molecule has 6 nitrogen and oxygen atoms in total. The largest absolute Gasteiger partial charge is 0.457 e. The van der Waals surface area contributed by atoms with Crippen LogP contribution in [0.15, 0.2) is 115 Å². The maximum absolute atomic E-state index is 6.56. The van der Waals surface area contributed by atoms with Crippen molar-refractivity contribution in [2.45, 2.75) is 67.2 Å². The number of aryl methyl sites for hydroxylation is 4. The highest BCUT2D eigenvalue weighted by atomic mass is 16.5. The van der Waals surface area contributed by atoms with Crippen molar-refractivity contribution in [3.8, 4) is 28.7 Å². The van der Waals surface area contributed by atoms with E-state index in [2.05, 4.69) is 154 Å². The molecule has 0 aliphatic carbocycles. The van der Waals surface area contributed by atoms with E-state index in [4.69, 9.17) is 9.72 Å². The minimum Gasteiger partial charge on any atom is -0.457 e. The van der Waals surface area contributed by atoms with Crippen LogP contribution in [0.5, 0.6) is 11.5 Å². The summed E-state index contributed by atoms with van der Waals surface area (Å²) in [7, 11) is 0. The predicted molar refractivity (Wildman–Crippen MR) is 224 cm³/mol. The lowest BCUT2D eigenvalue weighted by molar-refractivity contribution is 0.482. The summed E-state index contributed by atoms with van der Waals surface area (Å²) in [6.45, 7) is 17.7. The zero-order valence-corrected chi connectivity index (χ0v) is 32.3. The Kier molecular flexibility index (Phi) is 7.96. The minimum absolute atomic E-state index is 0.436. The van der Waals surface area contributed by atoms with Crippen molar-refractivity contribution in [2.24, 2.45) is 0 Å². The molecule has 5 aromatic carbocycles. The van der Waals surface area contributed by atoms with Crippen LogP contribution in [0.3, 0.4) is 0 Å². The molecule has 0 unspecified atom stereocenters. The summed E-state index contributed by atoms with van der Waals surface area (Å²) >= 11 is 0. The van der Waals surface area contributed by atoms with Crippen molar-refractivity contribution in [1.82, 2.24) is 23.9 Å². The van der Waals surface area contributed by atoms with Crippen LogP contribution in [0, 0.1) is 27.7 Å². The topological polar surface area (TPSA) is 49.8 Å². The molecule has 0 fully saturated rings. The van der Waals surface area contributed by atoms with Gasteiger partial charge in [-0.15, -0.1) is 0 Å². The highest BCUT2D eigenvalue weighted by molar-refractivity contribution is 6.12. The van der Waals surface area contributed by atoms with Crippen LogP contribution in [-0.2, 0) is 0 Å². The molecule has 0 aliphatic rings. The predicted octanol–water partition coefficient (Wildman–Crippen LogP) is 12.7. The van der Waals surface area contributed by atoms with Crippen LogP contribution in [0.25, 0.3) is 60.8 Å². The standard InChI is InChI=1S/C48H45N5O/c1-28(2)34-20-30(5)47-42(23-34)43-24-35(29(3)4)21-31(6)48(43)51(47)36-18-19-49-46(26-36)52-44-15-10-9-14-40(44)41-17-16-39(27-45(41)52)54-38-13-11-12-37(25-38)53-33(8)22-32(7)50-53/h9-29H,1-8H3. The fourth-order valence-corrected chi connectivity index (χ4v) is 8.29. The molecular weight excluding hydrogens is 663 g/mol. The molecule has 4 heterocycles. The van der Waals surface area contributed by atoms with E-state index < -0.39 is 0 Å². The van der Waals surface area contributed by atoms with Crippen molar-refractivity contribution in [2.75, 3.05) is 0 Å². The average Bonchev–Trinajstić information content (AvgIpc) is 3.80. The Labute approximate surface area is 316 Å². The van der Waals surface area contributed by atoms with Gasteiger partial charge < -0.3 is 9.30 Å². The van der Waals surface area contributed by atoms with E-state index in [9.17, 15) is 0 Å². The van der Waals surface area contributed by atoms with Crippen LogP contribution < -0.4 is 4.74 Å². The number of hydrogen-bond acceptors (Lipinski definition) is 3. The van der Waals surface area contributed by atoms with Gasteiger partial charge in [0, 0.05) is 51.6 Å². The second-order valence-corrected chi connectivity index (χ2v) is 15.5. The van der Waals surface area contributed by atoms with Crippen LogP contribution >= 0.6 is 0 Å². The van der Waals surface area contributed by atoms with Gasteiger partial charge in [-0.25, -0.2) is 9.67 Å². The Morgan fingerprint density at radius 2 is 1.20 bits per heavy atom. The first-order valence-electron chi connectivity index (χ1n) is 19.0. The van der Waals surface area contributed by atoms with Crippen LogP contribution in [-0.4, -0.2) is 23.9 Å². The molecule has 0 saturated carbocycles. The van der Waals surface area contributed by atoms with Gasteiger partial charge in [-0.1, -0.05) is 64.1 Å². The molecule has 9 rings (SSSR count). The molecule has 0 spiro atoms. The zero-order chi connectivity index (χ0) is 37.4. The minimum atomic E-state index is 0.436. The van der Waals surface area contributed by atoms with Gasteiger partial charge in [0.15, 0.2) is 0 Å². The number of nitrogens with zero attached hydrogens (tertiary/aromatic N) is 5. The van der Waals surface area contributed by atoms with E-state index >= 15 is 0 Å². The Balaban J connectivity index is 1.22. The monoisotopic (exact) mass is 707 g/mol. The quantitative estimate of drug-likeness (QED) is 0.166. The first-order chi connectivity index (χ1) is 26.0. The number of rotatable bonds is 7. The summed E-state index contributed by atoms with van der Waals surface area (Å²) in [5.74, 6) is 3.23. The molecule has 4 aromatic heterocycles. The van der Waals surface area contributed by atoms with Crippen molar-refractivity contribution >= 4 is 43.6 Å². The van der Waals surface area contributed by atoms with Crippen molar-refractivity contribution in [1.29, 1.82) is 0 Å². The molecule has 0 N–H and O–H groups in total. The summed E-state index contributed by atoms with van der Waals surface area (Å²) < 4.78 is 13.3. The van der Waals surface area contributed by atoms with E-state index in [1.807, 2.05) is 36.0 Å². The number of para-hydroxylation sites is 1. The SMILES string of the molecule is Cc1cc(C)n(-c2cccc(Oc3ccc4c5ccccc5n(-c5cc(-n6c7c(C)cc(C(C)C)cc7c7cc(C(C)C)cc(C)c76)ccn5)c4c3)c2)n1. The maximum Gasteiger partial charge on any atom is 0.139 e. The first-order valence-corrected chi connectivity index (χ1v) is 19.0. The highest BCUT2D eigenvalue weighted by Gasteiger charge is 2.21. The lowest BCUT2D eigenvalue weighted by atomic mass is 9.95. The van der Waals surface area contributed by atoms with Crippen molar-refractivity contribution < 1.29 is 4.74 Å². The summed E-state index contributed by atoms with van der Waals surface area (Å²) in [6, 6.07) is 39.0. The fraction of sp³-hybridized carbons (Fsp3) is 0.208. The van der Waals surface area contributed by atoms with Gasteiger partial charge in [0.2, 0.25) is 0 Å². The molecule has 0 atom stereocenters. The first kappa shape index (κ1) is 33.7. The Hall–Kier alpha value is -6.14. The number of ether oxygens (including phenoxy) is 1. The molecule has 0 aliphatic heterocycles. The Bertz CT molecular complexity index is 2850. The highest BCUT2D eigenvalue weighted by Crippen LogP contribution is 2.40. The maximum atomic E-state index is 6.56. The third-order valence-corrected chi connectivity index (χ3v) is 10.9. The van der Waals surface area contributed by atoms with Crippen LogP contribution in [0.4, 0.5) is 0 Å². The molecular formula is C48H45N5O. The molecule has 54 heavy (non-hydrogen) atoms. The normalized spacial score (nSPS) is 12.0. The number of fused-ring (bicyclic) bond motifs is 6. The number of aromatic nitrogens is 5. The second-order valence-electron chi connectivity index (χ2n) is 15.5. The van der Waals surface area contributed by atoms with Crippen molar-refractivity contribution in [3.63, 3.8) is 0 Å². The lowest BCUT2D eigenvalue weighted by Gasteiger charge is -2.15. The van der Waals surface area contributed by atoms with Crippen molar-refractivity contribution in [3.05, 3.63) is 149 Å². The summed E-state index contributed by atoms with van der Waals surface area (Å²) in [6.07, 6.45) is 1.95. The van der Waals surface area contributed by atoms with Gasteiger partial charge in [-0.3, -0.25) is 4.57 Å². The third-order valence-electron chi connectivity index (χ3n) is 10.9. The summed E-state index contributed by atoms with van der Waals surface area (Å²) in [4.78, 5) is 5.04. The van der Waals surface area contributed by atoms with Gasteiger partial charge in [-0.2, -0.15) is 5.10 Å². The Morgan fingerprint density at radius 1 is 0.537 bits per heavy atom. The van der Waals surface area contributed by atoms with E-state index in [0.29, 0.717) is 11.8 Å². The van der Waals surface area contributed by atoms with Crippen LogP contribution in [0.2, 0.25) is 0 Å². The van der Waals surface area contributed by atoms with Gasteiger partial charge in [0.05, 0.1) is 39.1 Å². The van der Waals surface area contributed by atoms with E-state index in [1.165, 1.54) is 49.4 Å². The molecule has 0 saturated heterocycles. The molecule has 0 bridgehead atoms. The summed E-state index contributed by atoms with van der Waals surface area (Å²) in [5.41, 5.74) is 14.0. The van der Waals surface area contributed by atoms with E-state index in [-0.39, 0.29) is 0 Å². The van der Waals surface area contributed by atoms with Crippen LogP contribution in [0.1, 0.15) is 73.2 Å². The lowest BCUT2D eigenvalue weighted by Crippen LogP contribution is -2.02. The summed E-state index contributed by atoms with van der Waals surface area (Å²) in [5, 5.41) is 9.60. The van der Waals surface area contributed by atoms with Gasteiger partial charge >= 0.3 is 0 Å². The third kappa shape index (κ3) is 5.47. The molecule has 0 radical (unpaired) electrons. The van der Waals surface area contributed by atoms with Gasteiger partial charge in [-0.05, 0) is 116 Å².